The maximum atomic E-state index is 12.8. The highest BCUT2D eigenvalue weighted by atomic mass is 32.2. The molecular weight excluding hydrogens is 464 g/mol. The van der Waals surface area contributed by atoms with E-state index in [0.717, 1.165) is 35.2 Å². The molecule has 0 spiro atoms. The van der Waals surface area contributed by atoms with Crippen LogP contribution in [0.1, 0.15) is 41.3 Å². The highest BCUT2D eigenvalue weighted by Gasteiger charge is 2.20. The van der Waals surface area contributed by atoms with Gasteiger partial charge in [-0.1, -0.05) is 48.5 Å². The van der Waals surface area contributed by atoms with Crippen LogP contribution < -0.4 is 4.72 Å². The molecule has 0 radical (unpaired) electrons. The van der Waals surface area contributed by atoms with E-state index in [4.69, 9.17) is 4.74 Å². The van der Waals surface area contributed by atoms with Crippen LogP contribution in [-0.4, -0.2) is 38.3 Å². The van der Waals surface area contributed by atoms with Crippen molar-refractivity contribution in [1.29, 1.82) is 0 Å². The van der Waals surface area contributed by atoms with E-state index in [2.05, 4.69) is 4.72 Å². The Bertz CT molecular complexity index is 1300. The Labute approximate surface area is 205 Å². The Kier molecular flexibility index (Phi) is 7.63. The first-order valence-electron chi connectivity index (χ1n) is 11.6. The molecular formula is C27H28N2O5S. The molecule has 0 aliphatic carbocycles. The third-order valence-electron chi connectivity index (χ3n) is 5.96. The topological polar surface area (TPSA) is 92.8 Å². The van der Waals surface area contributed by atoms with Crippen LogP contribution in [0.15, 0.2) is 77.7 Å². The number of benzene rings is 3. The van der Waals surface area contributed by atoms with Gasteiger partial charge in [0.1, 0.15) is 0 Å². The number of nitrogens with one attached hydrogen (secondary N) is 1. The van der Waals surface area contributed by atoms with Gasteiger partial charge in [-0.15, -0.1) is 0 Å². The Balaban J connectivity index is 1.45. The Hall–Kier alpha value is -3.49. The number of nitrogens with zero attached hydrogens (tertiary/aromatic N) is 1. The fraction of sp³-hybridized carbons (Fsp3) is 0.259. The molecule has 0 unspecified atom stereocenters. The molecule has 35 heavy (non-hydrogen) atoms. The number of likely N-dealkylation sites (tertiary alicyclic amines) is 1. The first-order chi connectivity index (χ1) is 16.9. The van der Waals surface area contributed by atoms with Crippen LogP contribution >= 0.6 is 0 Å². The smallest absolute Gasteiger partial charge is 0.338 e. The van der Waals surface area contributed by atoms with Crippen LogP contribution in [0.5, 0.6) is 0 Å². The lowest BCUT2D eigenvalue weighted by atomic mass is 9.98. The van der Waals surface area contributed by atoms with E-state index < -0.39 is 16.0 Å². The number of sulfonamides is 1. The van der Waals surface area contributed by atoms with Crippen LogP contribution in [0.2, 0.25) is 0 Å². The van der Waals surface area contributed by atoms with E-state index in [1.165, 1.54) is 24.3 Å². The van der Waals surface area contributed by atoms with E-state index in [9.17, 15) is 18.0 Å². The summed E-state index contributed by atoms with van der Waals surface area (Å²) in [5.74, 6) is -0.293. The van der Waals surface area contributed by atoms with Crippen LogP contribution in [0.4, 0.5) is 0 Å². The maximum absolute atomic E-state index is 12.8. The first kappa shape index (κ1) is 24.6. The first-order valence-corrected chi connectivity index (χ1v) is 13.1. The second kappa shape index (κ2) is 10.8. The number of esters is 1. The molecule has 8 heteroatoms. The van der Waals surface area contributed by atoms with Gasteiger partial charge in [0.15, 0.2) is 0 Å². The Morgan fingerprint density at radius 3 is 2.37 bits per heavy atom. The van der Waals surface area contributed by atoms with Crippen molar-refractivity contribution in [2.24, 2.45) is 0 Å². The van der Waals surface area contributed by atoms with Crippen molar-refractivity contribution >= 4 is 21.9 Å². The zero-order chi connectivity index (χ0) is 24.8. The molecule has 7 nitrogen and oxygen atoms in total. The molecule has 1 heterocycles. The lowest BCUT2D eigenvalue weighted by molar-refractivity contribution is -0.128. The fourth-order valence-corrected chi connectivity index (χ4v) is 5.08. The number of amides is 1. The minimum absolute atomic E-state index is 0.0730. The monoisotopic (exact) mass is 492 g/mol. The van der Waals surface area contributed by atoms with Gasteiger partial charge in [0.2, 0.25) is 15.9 Å². The normalized spacial score (nSPS) is 13.7. The summed E-state index contributed by atoms with van der Waals surface area (Å²) in [6, 6.07) is 21.3. The molecule has 1 N–H and O–H groups in total. The number of hydrogen-bond acceptors (Lipinski definition) is 5. The summed E-state index contributed by atoms with van der Waals surface area (Å²) in [6.45, 7) is 3.48. The summed E-state index contributed by atoms with van der Waals surface area (Å²) in [4.78, 5) is 25.6. The maximum Gasteiger partial charge on any atom is 0.338 e. The molecule has 1 amide bonds. The molecule has 1 saturated heterocycles. The molecule has 1 aliphatic rings. The van der Waals surface area contributed by atoms with Crippen molar-refractivity contribution < 1.29 is 22.7 Å². The van der Waals surface area contributed by atoms with Gasteiger partial charge in [0.05, 0.1) is 17.1 Å². The van der Waals surface area contributed by atoms with Crippen molar-refractivity contribution in [3.63, 3.8) is 0 Å². The van der Waals surface area contributed by atoms with E-state index in [1.54, 1.807) is 6.92 Å². The molecule has 182 valence electrons. The van der Waals surface area contributed by atoms with E-state index in [-0.39, 0.29) is 24.0 Å². The third kappa shape index (κ3) is 5.96. The molecule has 3 aromatic rings. The summed E-state index contributed by atoms with van der Waals surface area (Å²) in [7, 11) is -3.78. The van der Waals surface area contributed by atoms with E-state index in [1.807, 2.05) is 53.4 Å². The summed E-state index contributed by atoms with van der Waals surface area (Å²) in [6.07, 6.45) is 1.53. The molecule has 0 aromatic heterocycles. The summed E-state index contributed by atoms with van der Waals surface area (Å²) in [5, 5.41) is 0. The van der Waals surface area contributed by atoms with Gasteiger partial charge in [0, 0.05) is 26.1 Å². The van der Waals surface area contributed by atoms with Gasteiger partial charge in [-0.2, -0.15) is 0 Å². The van der Waals surface area contributed by atoms with Crippen LogP contribution in [-0.2, 0) is 32.6 Å². The molecule has 1 fully saturated rings. The number of hydrogen-bond donors (Lipinski definition) is 1. The largest absolute Gasteiger partial charge is 0.462 e. The second-order valence-corrected chi connectivity index (χ2v) is 10.1. The summed E-state index contributed by atoms with van der Waals surface area (Å²) >= 11 is 0. The van der Waals surface area contributed by atoms with Crippen molar-refractivity contribution in [3.05, 3.63) is 89.5 Å². The highest BCUT2D eigenvalue weighted by Crippen LogP contribution is 2.25. The number of carbonyl (C=O) groups is 2. The SMILES string of the molecule is CCOC(=O)c1ccc(S(=O)(=O)NCc2ccccc2-c2ccc(CN3CCCC3=O)cc2)cc1. The average molecular weight is 493 g/mol. The van der Waals surface area contributed by atoms with Gasteiger partial charge in [-0.3, -0.25) is 4.79 Å². The van der Waals surface area contributed by atoms with Gasteiger partial charge in [-0.05, 0) is 59.9 Å². The van der Waals surface area contributed by atoms with E-state index in [0.29, 0.717) is 18.5 Å². The molecule has 0 saturated carbocycles. The van der Waals surface area contributed by atoms with Crippen LogP contribution in [0.3, 0.4) is 0 Å². The minimum Gasteiger partial charge on any atom is -0.462 e. The molecule has 1 aliphatic heterocycles. The molecule has 0 bridgehead atoms. The van der Waals surface area contributed by atoms with Gasteiger partial charge < -0.3 is 9.64 Å². The standard InChI is InChI=1S/C27H28N2O5S/c1-2-34-27(31)22-13-15-24(16-14-22)35(32,33)28-18-23-6-3-4-7-25(23)21-11-9-20(10-12-21)19-29-17-5-8-26(29)30/h3-4,6-7,9-16,28H,2,5,8,17-19H2,1H3. The quantitative estimate of drug-likeness (QED) is 0.454. The predicted octanol–water partition coefficient (Wildman–Crippen LogP) is 4.13. The lowest BCUT2D eigenvalue weighted by Gasteiger charge is -2.16. The number of ether oxygens (including phenoxy) is 1. The molecule has 3 aromatic carbocycles. The third-order valence-corrected chi connectivity index (χ3v) is 7.37. The fourth-order valence-electron chi connectivity index (χ4n) is 4.08. The summed E-state index contributed by atoms with van der Waals surface area (Å²) < 4.78 is 33.3. The van der Waals surface area contributed by atoms with E-state index >= 15 is 0 Å². The van der Waals surface area contributed by atoms with Crippen molar-refractivity contribution in [2.45, 2.75) is 37.8 Å². The number of rotatable bonds is 9. The highest BCUT2D eigenvalue weighted by molar-refractivity contribution is 7.89. The lowest BCUT2D eigenvalue weighted by Crippen LogP contribution is -2.24. The van der Waals surface area contributed by atoms with Crippen molar-refractivity contribution in [3.8, 4) is 11.1 Å². The second-order valence-electron chi connectivity index (χ2n) is 8.34. The minimum atomic E-state index is -3.78. The number of carbonyl (C=O) groups excluding carboxylic acids is 2. The van der Waals surface area contributed by atoms with Crippen molar-refractivity contribution in [2.75, 3.05) is 13.2 Å². The Morgan fingerprint density at radius 2 is 1.71 bits per heavy atom. The van der Waals surface area contributed by atoms with Crippen molar-refractivity contribution in [1.82, 2.24) is 9.62 Å². The van der Waals surface area contributed by atoms with Crippen LogP contribution in [0.25, 0.3) is 11.1 Å². The van der Waals surface area contributed by atoms with Gasteiger partial charge >= 0.3 is 5.97 Å². The van der Waals surface area contributed by atoms with Crippen LogP contribution in [0, 0.1) is 0 Å². The zero-order valence-corrected chi connectivity index (χ0v) is 20.4. The molecule has 0 atom stereocenters. The Morgan fingerprint density at radius 1 is 1.00 bits per heavy atom. The van der Waals surface area contributed by atoms with Gasteiger partial charge in [0.25, 0.3) is 0 Å². The average Bonchev–Trinajstić information content (AvgIpc) is 3.28. The molecule has 4 rings (SSSR count). The summed E-state index contributed by atoms with van der Waals surface area (Å²) in [5.41, 5.74) is 4.09. The predicted molar refractivity (Wildman–Crippen MR) is 133 cm³/mol. The van der Waals surface area contributed by atoms with Gasteiger partial charge in [-0.25, -0.2) is 17.9 Å². The zero-order valence-electron chi connectivity index (χ0n) is 19.6.